The van der Waals surface area contributed by atoms with Crippen LogP contribution < -0.4 is 0 Å². The first kappa shape index (κ1) is 6.92. The van der Waals surface area contributed by atoms with E-state index in [1.54, 1.807) is 6.08 Å². The van der Waals surface area contributed by atoms with E-state index >= 15 is 0 Å². The summed E-state index contributed by atoms with van der Waals surface area (Å²) in [5.74, 6) is 2.44. The Labute approximate surface area is 62.0 Å². The molecule has 0 heterocycles. The molecule has 1 heteroatoms. The molecule has 46 valence electrons. The molecule has 0 amide bonds. The van der Waals surface area contributed by atoms with Crippen LogP contribution in [0.4, 0.5) is 0 Å². The molecule has 0 spiro atoms. The average molecular weight is 126 g/mol. The van der Waals surface area contributed by atoms with Crippen LogP contribution in [0.2, 0.25) is 0 Å². The molecule has 0 N–H and O–H groups in total. The van der Waals surface area contributed by atoms with Gasteiger partial charge in [-0.15, -0.1) is 0 Å². The van der Waals surface area contributed by atoms with Crippen LogP contribution in [-0.2, 0) is 0 Å². The SMILES string of the molecule is B#C/C=C/c1ccccc1. The normalized spacial score (nSPS) is 9.80. The summed E-state index contributed by atoms with van der Waals surface area (Å²) in [6, 6.07) is 9.96. The van der Waals surface area contributed by atoms with E-state index in [2.05, 4.69) is 5.80 Å². The Kier molecular flexibility index (Phi) is 2.60. The number of allylic oxidation sites excluding steroid dienone is 1. The Morgan fingerprint density at radius 3 is 2.50 bits per heavy atom. The van der Waals surface area contributed by atoms with E-state index in [-0.39, 0.29) is 0 Å². The van der Waals surface area contributed by atoms with Crippen LogP contribution >= 0.6 is 0 Å². The van der Waals surface area contributed by atoms with Gasteiger partial charge in [-0.2, -0.15) is 0 Å². The summed E-state index contributed by atoms with van der Waals surface area (Å²) in [4.78, 5) is 0. The van der Waals surface area contributed by atoms with Crippen molar-refractivity contribution < 1.29 is 0 Å². The summed E-state index contributed by atoms with van der Waals surface area (Å²) < 4.78 is 0. The van der Waals surface area contributed by atoms with Crippen molar-refractivity contribution in [1.29, 1.82) is 0 Å². The molecule has 1 rings (SSSR count). The van der Waals surface area contributed by atoms with Gasteiger partial charge in [-0.3, -0.25) is 0 Å². The summed E-state index contributed by atoms with van der Waals surface area (Å²) in [6.07, 6.45) is 3.59. The van der Waals surface area contributed by atoms with E-state index in [0.29, 0.717) is 0 Å². The summed E-state index contributed by atoms with van der Waals surface area (Å²) >= 11 is 0. The van der Waals surface area contributed by atoms with Crippen molar-refractivity contribution in [2.75, 3.05) is 0 Å². The van der Waals surface area contributed by atoms with E-state index in [1.165, 1.54) is 0 Å². The van der Waals surface area contributed by atoms with E-state index < -0.39 is 0 Å². The number of hydrogen-bond donors (Lipinski definition) is 0. The van der Waals surface area contributed by atoms with Crippen LogP contribution in [0.5, 0.6) is 0 Å². The van der Waals surface area contributed by atoms with Crippen molar-refractivity contribution >= 4 is 13.4 Å². The topological polar surface area (TPSA) is 0 Å². The average Bonchev–Trinajstić information content (AvgIpc) is 2.03. The van der Waals surface area contributed by atoms with Gasteiger partial charge >= 0.3 is 61.2 Å². The molecule has 0 radical (unpaired) electrons. The maximum absolute atomic E-state index is 5.04. The molecule has 0 fully saturated rings. The Balaban J connectivity index is 2.79. The molecule has 0 saturated carbocycles. The van der Waals surface area contributed by atoms with Crippen LogP contribution in [0.3, 0.4) is 0 Å². The van der Waals surface area contributed by atoms with Gasteiger partial charge in [0.2, 0.25) is 0 Å². The third kappa shape index (κ3) is 1.96. The quantitative estimate of drug-likeness (QED) is 0.503. The fraction of sp³-hybridized carbons (Fsp3) is 0. The molecule has 1 aromatic carbocycles. The maximum atomic E-state index is 5.04. The van der Waals surface area contributed by atoms with Gasteiger partial charge < -0.3 is 0 Å². The molecule has 10 heavy (non-hydrogen) atoms. The third-order valence-electron chi connectivity index (χ3n) is 1.17. The van der Waals surface area contributed by atoms with Gasteiger partial charge in [0, 0.05) is 0 Å². The molecular weight excluding hydrogens is 119 g/mol. The monoisotopic (exact) mass is 126 g/mol. The predicted molar refractivity (Wildman–Crippen MR) is 45.1 cm³/mol. The Morgan fingerprint density at radius 2 is 1.90 bits per heavy atom. The molecule has 0 aliphatic carbocycles. The summed E-state index contributed by atoms with van der Waals surface area (Å²) in [5.41, 5.74) is 1.14. The molecule has 1 aromatic rings. The van der Waals surface area contributed by atoms with Crippen molar-refractivity contribution in [2.45, 2.75) is 0 Å². The first-order chi connectivity index (χ1) is 4.93. The van der Waals surface area contributed by atoms with Crippen molar-refractivity contribution in [2.24, 2.45) is 0 Å². The van der Waals surface area contributed by atoms with E-state index in [4.69, 9.17) is 7.33 Å². The van der Waals surface area contributed by atoms with Crippen molar-refractivity contribution in [3.8, 4) is 5.80 Å². The second-order valence-electron chi connectivity index (χ2n) is 1.91. The standard InChI is InChI=1S/C9H7B/c10-8-4-7-9-5-2-1-3-6-9/h1-7H/b7-4+. The Hall–Kier alpha value is -1.20. The zero-order valence-corrected chi connectivity index (χ0v) is 5.62. The first-order valence-electron chi connectivity index (χ1n) is 3.11. The zero-order valence-electron chi connectivity index (χ0n) is 5.62. The fourth-order valence-corrected chi connectivity index (χ4v) is 0.708. The van der Waals surface area contributed by atoms with Gasteiger partial charge in [0.1, 0.15) is 0 Å². The zero-order chi connectivity index (χ0) is 7.23. The minimum absolute atomic E-state index is 1.14. The second-order valence-corrected chi connectivity index (χ2v) is 1.91. The van der Waals surface area contributed by atoms with Crippen molar-refractivity contribution in [1.82, 2.24) is 0 Å². The summed E-state index contributed by atoms with van der Waals surface area (Å²) in [6.45, 7) is 0. The van der Waals surface area contributed by atoms with E-state index in [0.717, 1.165) is 5.56 Å². The van der Waals surface area contributed by atoms with Crippen LogP contribution in [0.15, 0.2) is 36.4 Å². The van der Waals surface area contributed by atoms with Gasteiger partial charge in [-0.25, -0.2) is 0 Å². The number of benzene rings is 1. The number of rotatable bonds is 1. The molecule has 0 bridgehead atoms. The molecule has 0 aliphatic rings. The van der Waals surface area contributed by atoms with Crippen LogP contribution in [-0.4, -0.2) is 7.33 Å². The molecule has 0 atom stereocenters. The predicted octanol–water partition coefficient (Wildman–Crippen LogP) is 1.83. The third-order valence-corrected chi connectivity index (χ3v) is 1.17. The van der Waals surface area contributed by atoms with E-state index in [9.17, 15) is 0 Å². The first-order valence-corrected chi connectivity index (χ1v) is 3.11. The Morgan fingerprint density at radius 1 is 1.20 bits per heavy atom. The summed E-state index contributed by atoms with van der Waals surface area (Å²) in [5, 5.41) is 0. The fourth-order valence-electron chi connectivity index (χ4n) is 0.708. The molecule has 0 unspecified atom stereocenters. The van der Waals surface area contributed by atoms with Gasteiger partial charge in [0.05, 0.1) is 0 Å². The van der Waals surface area contributed by atoms with E-state index in [1.807, 2.05) is 36.4 Å². The number of hydrogen-bond acceptors (Lipinski definition) is 0. The molecule has 0 aromatic heterocycles. The molecular formula is C9H7B. The van der Waals surface area contributed by atoms with Crippen LogP contribution in [0.1, 0.15) is 5.56 Å². The molecule has 0 saturated heterocycles. The van der Waals surface area contributed by atoms with Crippen LogP contribution in [0.25, 0.3) is 6.08 Å². The van der Waals surface area contributed by atoms with Gasteiger partial charge in [0.25, 0.3) is 0 Å². The second kappa shape index (κ2) is 3.76. The van der Waals surface area contributed by atoms with Gasteiger partial charge in [-0.1, -0.05) is 0 Å². The molecule has 0 aliphatic heterocycles. The molecule has 0 nitrogen and oxygen atoms in total. The van der Waals surface area contributed by atoms with Crippen LogP contribution in [0, 0.1) is 5.80 Å². The summed E-state index contributed by atoms with van der Waals surface area (Å²) in [7, 11) is 5.04. The van der Waals surface area contributed by atoms with Crippen molar-refractivity contribution in [3.63, 3.8) is 0 Å². The van der Waals surface area contributed by atoms with Gasteiger partial charge in [-0.05, 0) is 0 Å². The van der Waals surface area contributed by atoms with Gasteiger partial charge in [0.15, 0.2) is 0 Å². The minimum atomic E-state index is 1.14. The van der Waals surface area contributed by atoms with Crippen molar-refractivity contribution in [3.05, 3.63) is 42.0 Å². The Bertz CT molecular complexity index is 254.